The minimum absolute atomic E-state index is 0.854. The topological polar surface area (TPSA) is 24.5 Å². The van der Waals surface area contributed by atoms with Crippen LogP contribution in [0.1, 0.15) is 11.1 Å². The van der Waals surface area contributed by atoms with Gasteiger partial charge in [0.2, 0.25) is 0 Å². The molecule has 2 aliphatic rings. The molecule has 0 aromatic heterocycles. The number of benzene rings is 1. The van der Waals surface area contributed by atoms with Crippen molar-refractivity contribution in [3.8, 4) is 5.75 Å². The molecule has 0 bridgehead atoms. The van der Waals surface area contributed by atoms with Crippen LogP contribution in [0.25, 0.3) is 0 Å². The van der Waals surface area contributed by atoms with E-state index in [2.05, 4.69) is 28.4 Å². The normalized spacial score (nSPS) is 20.5. The fourth-order valence-electron chi connectivity index (χ4n) is 2.44. The average molecular weight is 218 g/mol. The van der Waals surface area contributed by atoms with Crippen molar-refractivity contribution in [3.05, 3.63) is 29.3 Å². The maximum atomic E-state index is 5.60. The molecule has 0 atom stereocenters. The van der Waals surface area contributed by atoms with Gasteiger partial charge in [-0.15, -0.1) is 0 Å². The number of fused-ring (bicyclic) bond motifs is 1. The maximum Gasteiger partial charge on any atom is 0.122 e. The van der Waals surface area contributed by atoms with Crippen LogP contribution in [0.4, 0.5) is 0 Å². The average Bonchev–Trinajstić information content (AvgIpc) is 2.77. The van der Waals surface area contributed by atoms with Crippen molar-refractivity contribution in [1.82, 2.24) is 10.2 Å². The van der Waals surface area contributed by atoms with Gasteiger partial charge in [0.1, 0.15) is 5.75 Å². The molecule has 3 nitrogen and oxygen atoms in total. The van der Waals surface area contributed by atoms with Crippen LogP contribution >= 0.6 is 0 Å². The first kappa shape index (κ1) is 10.1. The molecule has 0 amide bonds. The molecule has 1 N–H and O–H groups in total. The van der Waals surface area contributed by atoms with Gasteiger partial charge in [0.05, 0.1) is 6.61 Å². The lowest BCUT2D eigenvalue weighted by molar-refractivity contribution is 0.233. The van der Waals surface area contributed by atoms with E-state index in [9.17, 15) is 0 Å². The van der Waals surface area contributed by atoms with Crippen molar-refractivity contribution in [2.75, 3.05) is 32.8 Å². The van der Waals surface area contributed by atoms with Crippen molar-refractivity contribution in [3.63, 3.8) is 0 Å². The van der Waals surface area contributed by atoms with Crippen LogP contribution in [0.3, 0.4) is 0 Å². The summed E-state index contributed by atoms with van der Waals surface area (Å²) in [6, 6.07) is 6.68. The first-order chi connectivity index (χ1) is 7.92. The SMILES string of the molecule is c1cc2c(cc1CN1CCNCC1)OCC2. The second-order valence-electron chi connectivity index (χ2n) is 4.57. The van der Waals surface area contributed by atoms with Gasteiger partial charge >= 0.3 is 0 Å². The summed E-state index contributed by atoms with van der Waals surface area (Å²) in [5, 5.41) is 3.38. The molecule has 1 fully saturated rings. The first-order valence-corrected chi connectivity index (χ1v) is 6.09. The van der Waals surface area contributed by atoms with E-state index >= 15 is 0 Å². The van der Waals surface area contributed by atoms with Gasteiger partial charge in [0.25, 0.3) is 0 Å². The highest BCUT2D eigenvalue weighted by atomic mass is 16.5. The largest absolute Gasteiger partial charge is 0.493 e. The van der Waals surface area contributed by atoms with Gasteiger partial charge in [0.15, 0.2) is 0 Å². The lowest BCUT2D eigenvalue weighted by Crippen LogP contribution is -2.42. The summed E-state index contributed by atoms with van der Waals surface area (Å²) in [5.41, 5.74) is 2.74. The molecule has 1 saturated heterocycles. The number of nitrogens with one attached hydrogen (secondary N) is 1. The molecule has 2 aliphatic heterocycles. The van der Waals surface area contributed by atoms with Crippen LogP contribution in [-0.4, -0.2) is 37.7 Å². The standard InChI is InChI=1S/C13H18N2O/c1-2-12-3-8-16-13(12)9-11(1)10-15-6-4-14-5-7-15/h1-2,9,14H,3-8,10H2. The molecule has 3 heteroatoms. The predicted molar refractivity (Wildman–Crippen MR) is 63.8 cm³/mol. The van der Waals surface area contributed by atoms with Crippen molar-refractivity contribution in [1.29, 1.82) is 0 Å². The summed E-state index contributed by atoms with van der Waals surface area (Å²) in [7, 11) is 0. The van der Waals surface area contributed by atoms with Gasteiger partial charge in [-0.05, 0) is 17.2 Å². The monoisotopic (exact) mass is 218 g/mol. The summed E-state index contributed by atoms with van der Waals surface area (Å²) >= 11 is 0. The highest BCUT2D eigenvalue weighted by Gasteiger charge is 2.14. The van der Waals surface area contributed by atoms with E-state index < -0.39 is 0 Å². The second kappa shape index (κ2) is 4.44. The van der Waals surface area contributed by atoms with E-state index in [0.717, 1.165) is 51.5 Å². The summed E-state index contributed by atoms with van der Waals surface area (Å²) in [4.78, 5) is 2.49. The molecule has 0 radical (unpaired) electrons. The Balaban J connectivity index is 1.69. The van der Waals surface area contributed by atoms with Crippen LogP contribution in [0.15, 0.2) is 18.2 Å². The van der Waals surface area contributed by atoms with E-state index in [1.165, 1.54) is 11.1 Å². The summed E-state index contributed by atoms with van der Waals surface area (Å²) in [6.45, 7) is 6.43. The lowest BCUT2D eigenvalue weighted by Gasteiger charge is -2.27. The first-order valence-electron chi connectivity index (χ1n) is 6.09. The van der Waals surface area contributed by atoms with Crippen LogP contribution in [0, 0.1) is 0 Å². The molecular formula is C13H18N2O. The summed E-state index contributed by atoms with van der Waals surface area (Å²) < 4.78 is 5.60. The Hall–Kier alpha value is -1.06. The number of rotatable bonds is 2. The molecule has 1 aromatic rings. The Morgan fingerprint density at radius 3 is 3.00 bits per heavy atom. The number of nitrogens with zero attached hydrogens (tertiary/aromatic N) is 1. The van der Waals surface area contributed by atoms with Crippen LogP contribution in [0.2, 0.25) is 0 Å². The Morgan fingerprint density at radius 2 is 2.12 bits per heavy atom. The highest BCUT2D eigenvalue weighted by Crippen LogP contribution is 2.26. The third kappa shape index (κ3) is 2.06. The molecular weight excluding hydrogens is 200 g/mol. The smallest absolute Gasteiger partial charge is 0.122 e. The van der Waals surface area contributed by atoms with Gasteiger partial charge in [-0.2, -0.15) is 0 Å². The number of ether oxygens (including phenoxy) is 1. The lowest BCUT2D eigenvalue weighted by atomic mass is 10.1. The van der Waals surface area contributed by atoms with E-state index in [0.29, 0.717) is 0 Å². The zero-order valence-corrected chi connectivity index (χ0v) is 9.54. The van der Waals surface area contributed by atoms with Crippen molar-refractivity contribution < 1.29 is 4.74 Å². The quantitative estimate of drug-likeness (QED) is 0.802. The Kier molecular flexibility index (Phi) is 2.80. The second-order valence-corrected chi connectivity index (χ2v) is 4.57. The van der Waals surface area contributed by atoms with Crippen molar-refractivity contribution >= 4 is 0 Å². The van der Waals surface area contributed by atoms with Crippen molar-refractivity contribution in [2.24, 2.45) is 0 Å². The molecule has 2 heterocycles. The maximum absolute atomic E-state index is 5.60. The predicted octanol–water partition coefficient (Wildman–Crippen LogP) is 1.03. The molecule has 0 saturated carbocycles. The van der Waals surface area contributed by atoms with Gasteiger partial charge in [-0.25, -0.2) is 0 Å². The van der Waals surface area contributed by atoms with Gasteiger partial charge in [0, 0.05) is 39.1 Å². The zero-order valence-electron chi connectivity index (χ0n) is 9.54. The third-order valence-corrected chi connectivity index (χ3v) is 3.38. The molecule has 16 heavy (non-hydrogen) atoms. The molecule has 0 aliphatic carbocycles. The van der Waals surface area contributed by atoms with Gasteiger partial charge < -0.3 is 10.1 Å². The number of piperazine rings is 1. The fourth-order valence-corrected chi connectivity index (χ4v) is 2.44. The van der Waals surface area contributed by atoms with Gasteiger partial charge in [-0.3, -0.25) is 4.90 Å². The van der Waals surface area contributed by atoms with E-state index in [1.807, 2.05) is 0 Å². The molecule has 0 unspecified atom stereocenters. The van der Waals surface area contributed by atoms with Crippen LogP contribution in [-0.2, 0) is 13.0 Å². The Morgan fingerprint density at radius 1 is 1.25 bits per heavy atom. The number of hydrogen-bond donors (Lipinski definition) is 1. The molecule has 0 spiro atoms. The minimum atomic E-state index is 0.854. The molecule has 1 aromatic carbocycles. The minimum Gasteiger partial charge on any atom is -0.493 e. The van der Waals surface area contributed by atoms with Gasteiger partial charge in [-0.1, -0.05) is 12.1 Å². The Bertz CT molecular complexity index is 372. The summed E-state index contributed by atoms with van der Waals surface area (Å²) in [5.74, 6) is 1.10. The van der Waals surface area contributed by atoms with Crippen molar-refractivity contribution in [2.45, 2.75) is 13.0 Å². The zero-order chi connectivity index (χ0) is 10.8. The summed E-state index contributed by atoms with van der Waals surface area (Å²) in [6.07, 6.45) is 1.07. The highest BCUT2D eigenvalue weighted by molar-refractivity contribution is 5.40. The van der Waals surface area contributed by atoms with E-state index in [1.54, 1.807) is 0 Å². The molecule has 86 valence electrons. The number of hydrogen-bond acceptors (Lipinski definition) is 3. The van der Waals surface area contributed by atoms with E-state index in [4.69, 9.17) is 4.74 Å². The Labute approximate surface area is 96.4 Å². The van der Waals surface area contributed by atoms with Crippen LogP contribution in [0.5, 0.6) is 5.75 Å². The van der Waals surface area contributed by atoms with E-state index in [-0.39, 0.29) is 0 Å². The van der Waals surface area contributed by atoms with Crippen LogP contribution < -0.4 is 10.1 Å². The third-order valence-electron chi connectivity index (χ3n) is 3.38. The fraction of sp³-hybridized carbons (Fsp3) is 0.538. The molecule has 3 rings (SSSR count).